The van der Waals surface area contributed by atoms with E-state index in [0.29, 0.717) is 5.02 Å². The maximum atomic E-state index is 12.9. The highest BCUT2D eigenvalue weighted by atomic mass is 35.5. The molecule has 0 aliphatic heterocycles. The first-order chi connectivity index (χ1) is 13.5. The maximum Gasteiger partial charge on any atom is 0.283 e. The van der Waals surface area contributed by atoms with E-state index >= 15 is 0 Å². The molecule has 3 aromatic rings. The molecule has 0 aromatic heterocycles. The van der Waals surface area contributed by atoms with Gasteiger partial charge in [-0.3, -0.25) is 4.55 Å². The second-order valence-corrected chi connectivity index (χ2v) is 9.26. The molecule has 0 saturated carbocycles. The van der Waals surface area contributed by atoms with E-state index in [-0.39, 0.29) is 31.8 Å². The average Bonchev–Trinajstić information content (AvgIpc) is 2.64. The first-order valence-electron chi connectivity index (χ1n) is 7.89. The monoisotopic (exact) mass is 492 g/mol. The molecule has 1 unspecified atom stereocenters. The normalized spacial score (nSPS) is 13.8. The number of aromatic hydroxyl groups is 2. The highest BCUT2D eigenvalue weighted by molar-refractivity contribution is 7.87. The van der Waals surface area contributed by atoms with Crippen molar-refractivity contribution in [3.63, 3.8) is 0 Å². The molecule has 0 fully saturated rings. The van der Waals surface area contributed by atoms with Crippen molar-refractivity contribution in [1.29, 1.82) is 0 Å². The lowest BCUT2D eigenvalue weighted by Gasteiger charge is -2.33. The summed E-state index contributed by atoms with van der Waals surface area (Å²) in [4.78, 5) is 0. The molecule has 0 radical (unpaired) electrons. The van der Waals surface area contributed by atoms with Crippen LogP contribution in [0.15, 0.2) is 54.6 Å². The molecule has 3 rings (SSSR count). The Labute approximate surface area is 186 Å². The van der Waals surface area contributed by atoms with Crippen molar-refractivity contribution in [2.45, 2.75) is 4.75 Å². The Morgan fingerprint density at radius 3 is 1.83 bits per heavy atom. The summed E-state index contributed by atoms with van der Waals surface area (Å²) < 4.78 is 34.0. The molecule has 0 heterocycles. The smallest absolute Gasteiger partial charge is 0.283 e. The third kappa shape index (κ3) is 3.65. The number of phenols is 2. The van der Waals surface area contributed by atoms with Crippen molar-refractivity contribution in [1.82, 2.24) is 0 Å². The predicted molar refractivity (Wildman–Crippen MR) is 114 cm³/mol. The summed E-state index contributed by atoms with van der Waals surface area (Å²) in [6.07, 6.45) is 0. The van der Waals surface area contributed by atoms with Gasteiger partial charge in [-0.2, -0.15) is 8.42 Å². The van der Waals surface area contributed by atoms with Gasteiger partial charge in [0.25, 0.3) is 10.1 Å². The molecule has 10 heteroatoms. The number of rotatable bonds is 4. The molecule has 1 atom stereocenters. The van der Waals surface area contributed by atoms with Gasteiger partial charge in [-0.1, -0.05) is 70.7 Å². The SMILES string of the molecule is O=S(=O)(O)C(c1ccc(Cl)cc1)(c1cc(O)c(Cl)c(O)c1)c1cccc(Cl)c1Cl. The lowest BCUT2D eigenvalue weighted by atomic mass is 9.83. The van der Waals surface area contributed by atoms with E-state index in [4.69, 9.17) is 46.4 Å². The number of halogens is 4. The van der Waals surface area contributed by atoms with Crippen LogP contribution in [0.1, 0.15) is 16.7 Å². The second-order valence-electron chi connectivity index (χ2n) is 6.09. The van der Waals surface area contributed by atoms with Crippen molar-refractivity contribution in [3.8, 4) is 11.5 Å². The minimum Gasteiger partial charge on any atom is -0.506 e. The molecule has 3 N–H and O–H groups in total. The van der Waals surface area contributed by atoms with Crippen LogP contribution in [-0.2, 0) is 14.9 Å². The van der Waals surface area contributed by atoms with E-state index in [1.54, 1.807) is 0 Å². The Morgan fingerprint density at radius 2 is 1.31 bits per heavy atom. The van der Waals surface area contributed by atoms with Gasteiger partial charge in [-0.15, -0.1) is 0 Å². The first kappa shape index (κ1) is 22.0. The van der Waals surface area contributed by atoms with Crippen LogP contribution >= 0.6 is 46.4 Å². The molecule has 0 aliphatic rings. The lowest BCUT2D eigenvalue weighted by Crippen LogP contribution is -2.38. The van der Waals surface area contributed by atoms with E-state index in [1.807, 2.05) is 0 Å². The minimum atomic E-state index is -5.04. The molecule has 29 heavy (non-hydrogen) atoms. The van der Waals surface area contributed by atoms with Gasteiger partial charge in [0.05, 0.1) is 10.0 Å². The summed E-state index contributed by atoms with van der Waals surface area (Å²) in [5, 5.41) is 20.1. The van der Waals surface area contributed by atoms with Gasteiger partial charge in [0, 0.05) is 10.6 Å². The molecule has 3 aromatic carbocycles. The first-order valence-corrected chi connectivity index (χ1v) is 10.8. The molecular weight excluding hydrogens is 482 g/mol. The molecule has 0 amide bonds. The summed E-state index contributed by atoms with van der Waals surface area (Å²) in [6, 6.07) is 11.9. The van der Waals surface area contributed by atoms with Crippen LogP contribution in [0.3, 0.4) is 0 Å². The van der Waals surface area contributed by atoms with Crippen molar-refractivity contribution in [2.24, 2.45) is 0 Å². The quantitative estimate of drug-likeness (QED) is 0.311. The Morgan fingerprint density at radius 1 is 0.759 bits per heavy atom. The Kier molecular flexibility index (Phi) is 5.98. The Bertz CT molecular complexity index is 1170. The third-order valence-electron chi connectivity index (χ3n) is 4.41. The topological polar surface area (TPSA) is 94.8 Å². The van der Waals surface area contributed by atoms with Crippen LogP contribution in [0, 0.1) is 0 Å². The minimum absolute atomic E-state index is 0.0357. The van der Waals surface area contributed by atoms with Crippen LogP contribution in [0.5, 0.6) is 11.5 Å². The molecule has 0 saturated heterocycles. The molecule has 0 aliphatic carbocycles. The summed E-state index contributed by atoms with van der Waals surface area (Å²) >= 11 is 24.2. The zero-order chi connectivity index (χ0) is 21.6. The average molecular weight is 494 g/mol. The van der Waals surface area contributed by atoms with Crippen molar-refractivity contribution in [3.05, 3.63) is 91.4 Å². The third-order valence-corrected chi connectivity index (χ3v) is 7.33. The summed E-state index contributed by atoms with van der Waals surface area (Å²) in [5.74, 6) is -1.19. The van der Waals surface area contributed by atoms with Gasteiger partial charge in [-0.05, 0) is 41.5 Å². The fraction of sp³-hybridized carbons (Fsp3) is 0.0526. The van der Waals surface area contributed by atoms with Crippen LogP contribution in [0.2, 0.25) is 20.1 Å². The molecular formula is C19H12Cl4O5S. The van der Waals surface area contributed by atoms with Crippen molar-refractivity contribution in [2.75, 3.05) is 0 Å². The fourth-order valence-corrected chi connectivity index (χ4v) is 5.20. The van der Waals surface area contributed by atoms with E-state index in [9.17, 15) is 23.2 Å². The number of phenolic OH excluding ortho intramolecular Hbond substituents is 2. The number of hydrogen-bond acceptors (Lipinski definition) is 4. The van der Waals surface area contributed by atoms with Gasteiger partial charge in [0.15, 0.2) is 4.75 Å². The molecule has 152 valence electrons. The zero-order valence-electron chi connectivity index (χ0n) is 14.3. The summed E-state index contributed by atoms with van der Waals surface area (Å²) in [6.45, 7) is 0. The van der Waals surface area contributed by atoms with E-state index in [1.165, 1.54) is 42.5 Å². The molecule has 5 nitrogen and oxygen atoms in total. The highest BCUT2D eigenvalue weighted by Gasteiger charge is 2.50. The van der Waals surface area contributed by atoms with Gasteiger partial charge >= 0.3 is 0 Å². The highest BCUT2D eigenvalue weighted by Crippen LogP contribution is 2.50. The van der Waals surface area contributed by atoms with E-state index < -0.39 is 26.4 Å². The molecule has 0 spiro atoms. The van der Waals surface area contributed by atoms with E-state index in [0.717, 1.165) is 12.1 Å². The zero-order valence-corrected chi connectivity index (χ0v) is 18.1. The van der Waals surface area contributed by atoms with E-state index in [2.05, 4.69) is 0 Å². The second kappa shape index (κ2) is 7.87. The Hall–Kier alpha value is -1.67. The van der Waals surface area contributed by atoms with Gasteiger partial charge in [0.2, 0.25) is 0 Å². The number of benzene rings is 3. The molecule has 0 bridgehead atoms. The maximum absolute atomic E-state index is 12.9. The van der Waals surface area contributed by atoms with Crippen LogP contribution in [-0.4, -0.2) is 23.2 Å². The van der Waals surface area contributed by atoms with Gasteiger partial charge in [-0.25, -0.2) is 0 Å². The summed E-state index contributed by atoms with van der Waals surface area (Å²) in [7, 11) is -5.04. The largest absolute Gasteiger partial charge is 0.506 e. The number of hydrogen-bond donors (Lipinski definition) is 3. The Balaban J connectivity index is 2.58. The van der Waals surface area contributed by atoms with Gasteiger partial charge < -0.3 is 10.2 Å². The predicted octanol–water partition coefficient (Wildman–Crippen LogP) is 5.89. The summed E-state index contributed by atoms with van der Waals surface area (Å²) in [5.41, 5.74) is -0.279. The van der Waals surface area contributed by atoms with Crippen molar-refractivity contribution < 1.29 is 23.2 Å². The van der Waals surface area contributed by atoms with Gasteiger partial charge in [0.1, 0.15) is 16.5 Å². The van der Waals surface area contributed by atoms with Crippen molar-refractivity contribution >= 4 is 56.5 Å². The standard InChI is InChI=1S/C19H12Cl4O5S/c20-12-6-4-10(5-7-12)19(29(26,27)28,13-2-1-3-14(21)17(13)22)11-8-15(24)18(23)16(25)9-11/h1-9,24-25H,(H,26,27,28). The fourth-order valence-electron chi connectivity index (χ4n) is 3.17. The van der Waals surface area contributed by atoms with Crippen LogP contribution in [0.25, 0.3) is 0 Å². The van der Waals surface area contributed by atoms with Crippen LogP contribution < -0.4 is 0 Å². The lowest BCUT2D eigenvalue weighted by molar-refractivity contribution is 0.444. The van der Waals surface area contributed by atoms with Crippen LogP contribution in [0.4, 0.5) is 0 Å².